The lowest BCUT2D eigenvalue weighted by Crippen LogP contribution is -2.04. The van der Waals surface area contributed by atoms with Gasteiger partial charge in [-0.3, -0.25) is 9.13 Å². The van der Waals surface area contributed by atoms with Crippen LogP contribution in [0.15, 0.2) is 47.2 Å². The van der Waals surface area contributed by atoms with Gasteiger partial charge in [0.1, 0.15) is 0 Å². The van der Waals surface area contributed by atoms with E-state index in [0.717, 1.165) is 32.0 Å². The van der Waals surface area contributed by atoms with Crippen LogP contribution >= 0.6 is 37.9 Å². The number of hydrogen-bond acceptors (Lipinski definition) is 8. The summed E-state index contributed by atoms with van der Waals surface area (Å²) in [6, 6.07) is 12.1. The fourth-order valence-corrected chi connectivity index (χ4v) is 8.74. The third-order valence-corrected chi connectivity index (χ3v) is 10.8. The minimum absolute atomic E-state index is 0.148. The Morgan fingerprint density at radius 3 is 1.26 bits per heavy atom. The van der Waals surface area contributed by atoms with Crippen LogP contribution < -0.4 is 0 Å². The van der Waals surface area contributed by atoms with Crippen molar-refractivity contribution >= 4 is 37.9 Å². The maximum absolute atomic E-state index is 13.5. The molecule has 3 aromatic rings. The van der Waals surface area contributed by atoms with Gasteiger partial charge in [0.2, 0.25) is 0 Å². The Morgan fingerprint density at radius 1 is 0.647 bits per heavy atom. The van der Waals surface area contributed by atoms with Crippen molar-refractivity contribution in [2.24, 2.45) is 0 Å². The highest BCUT2D eigenvalue weighted by Crippen LogP contribution is 2.56. The van der Waals surface area contributed by atoms with Gasteiger partial charge in [-0.05, 0) is 85.0 Å². The predicted molar refractivity (Wildman–Crippen MR) is 142 cm³/mol. The quantitative estimate of drug-likeness (QED) is 0.190. The lowest BCUT2D eigenvalue weighted by Gasteiger charge is -2.22. The Morgan fingerprint density at radius 2 is 1.00 bits per heavy atom. The molecule has 0 saturated heterocycles. The Labute approximate surface area is 210 Å². The summed E-state index contributed by atoms with van der Waals surface area (Å²) in [5.41, 5.74) is 3.57. The third-order valence-electron chi connectivity index (χ3n) is 4.93. The highest BCUT2D eigenvalue weighted by atomic mass is 32.1. The lowest BCUT2D eigenvalue weighted by atomic mass is 9.98. The Kier molecular flexibility index (Phi) is 10.3. The van der Waals surface area contributed by atoms with Crippen molar-refractivity contribution in [1.29, 1.82) is 0 Å². The van der Waals surface area contributed by atoms with Gasteiger partial charge in [0.15, 0.2) is 0 Å². The van der Waals surface area contributed by atoms with E-state index in [1.807, 2.05) is 74.9 Å². The van der Waals surface area contributed by atoms with Crippen LogP contribution in [0.25, 0.3) is 20.9 Å². The third kappa shape index (κ3) is 6.99. The molecule has 1 aromatic carbocycles. The smallest absolute Gasteiger partial charge is 0.309 e. The fraction of sp³-hybridized carbons (Fsp3) is 0.417. The van der Waals surface area contributed by atoms with Gasteiger partial charge in [0.05, 0.1) is 38.8 Å². The number of hydrogen-bond donors (Lipinski definition) is 0. The monoisotopic (exact) mass is 542 g/mol. The SMILES string of the molecule is CCOP(=O)(Cc1cc(-c2cccs2)c(CP(=O)(OCC)OCC)cc1-c1cccs1)OCC. The van der Waals surface area contributed by atoms with Gasteiger partial charge >= 0.3 is 15.2 Å². The average Bonchev–Trinajstić information content (AvgIpc) is 3.49. The summed E-state index contributed by atoms with van der Waals surface area (Å²) >= 11 is 3.19. The van der Waals surface area contributed by atoms with E-state index in [4.69, 9.17) is 18.1 Å². The Hall–Kier alpha value is -1.08. The first-order valence-electron chi connectivity index (χ1n) is 11.4. The van der Waals surface area contributed by atoms with E-state index in [-0.39, 0.29) is 12.3 Å². The maximum atomic E-state index is 13.5. The molecule has 10 heteroatoms. The van der Waals surface area contributed by atoms with Crippen LogP contribution in [0.1, 0.15) is 38.8 Å². The molecule has 0 spiro atoms. The van der Waals surface area contributed by atoms with Gasteiger partial charge < -0.3 is 18.1 Å². The molecule has 6 nitrogen and oxygen atoms in total. The van der Waals surface area contributed by atoms with Crippen molar-refractivity contribution in [2.75, 3.05) is 26.4 Å². The van der Waals surface area contributed by atoms with E-state index < -0.39 is 15.2 Å². The molecule has 0 atom stereocenters. The van der Waals surface area contributed by atoms with Crippen molar-refractivity contribution < 1.29 is 27.2 Å². The minimum Gasteiger partial charge on any atom is -0.309 e. The topological polar surface area (TPSA) is 71.1 Å². The Balaban J connectivity index is 2.19. The van der Waals surface area contributed by atoms with Crippen LogP contribution in [0.3, 0.4) is 0 Å². The van der Waals surface area contributed by atoms with Crippen LogP contribution in [0, 0.1) is 0 Å². The van der Waals surface area contributed by atoms with Gasteiger partial charge in [0, 0.05) is 9.75 Å². The van der Waals surface area contributed by atoms with Gasteiger partial charge in [0.25, 0.3) is 0 Å². The summed E-state index contributed by atoms with van der Waals surface area (Å²) in [6.45, 7) is 8.44. The zero-order valence-electron chi connectivity index (χ0n) is 20.0. The second-order valence-corrected chi connectivity index (χ2v) is 13.3. The largest absolute Gasteiger partial charge is 0.335 e. The molecule has 0 N–H and O–H groups in total. The lowest BCUT2D eigenvalue weighted by molar-refractivity contribution is 0.218. The highest BCUT2D eigenvalue weighted by Gasteiger charge is 2.30. The Bertz CT molecular complexity index is 1020. The van der Waals surface area contributed by atoms with Crippen LogP contribution in [-0.4, -0.2) is 26.4 Å². The predicted octanol–water partition coefficient (Wildman–Crippen LogP) is 8.68. The summed E-state index contributed by atoms with van der Waals surface area (Å²) in [4.78, 5) is 2.05. The second-order valence-electron chi connectivity index (χ2n) is 7.33. The van der Waals surface area contributed by atoms with Crippen molar-refractivity contribution in [2.45, 2.75) is 40.0 Å². The molecule has 2 heterocycles. The molecule has 34 heavy (non-hydrogen) atoms. The summed E-state index contributed by atoms with van der Waals surface area (Å²) < 4.78 is 49.4. The van der Waals surface area contributed by atoms with Crippen molar-refractivity contribution in [3.8, 4) is 20.9 Å². The van der Waals surface area contributed by atoms with E-state index in [1.165, 1.54) is 0 Å². The zero-order chi connectivity index (χ0) is 24.6. The molecule has 0 radical (unpaired) electrons. The van der Waals surface area contributed by atoms with Crippen molar-refractivity contribution in [1.82, 2.24) is 0 Å². The minimum atomic E-state index is -3.34. The first-order valence-corrected chi connectivity index (χ1v) is 16.6. The fourth-order valence-electron chi connectivity index (χ4n) is 3.73. The summed E-state index contributed by atoms with van der Waals surface area (Å²) in [5.74, 6) is 0. The molecule has 0 unspecified atom stereocenters. The molecule has 0 amide bonds. The highest BCUT2D eigenvalue weighted by molar-refractivity contribution is 7.53. The first-order chi connectivity index (χ1) is 16.4. The van der Waals surface area contributed by atoms with E-state index in [9.17, 15) is 9.13 Å². The zero-order valence-corrected chi connectivity index (χ0v) is 23.4. The molecule has 0 bridgehead atoms. The van der Waals surface area contributed by atoms with Gasteiger partial charge in [-0.2, -0.15) is 0 Å². The molecule has 2 aromatic heterocycles. The van der Waals surface area contributed by atoms with E-state index >= 15 is 0 Å². The van der Waals surface area contributed by atoms with E-state index in [0.29, 0.717) is 26.4 Å². The van der Waals surface area contributed by atoms with E-state index in [1.54, 1.807) is 22.7 Å². The van der Waals surface area contributed by atoms with Gasteiger partial charge in [-0.1, -0.05) is 12.1 Å². The summed E-state index contributed by atoms with van der Waals surface area (Å²) in [6.07, 6.45) is 0.296. The van der Waals surface area contributed by atoms with Crippen LogP contribution in [0.2, 0.25) is 0 Å². The number of benzene rings is 1. The summed E-state index contributed by atoms with van der Waals surface area (Å²) in [7, 11) is -6.68. The average molecular weight is 543 g/mol. The first kappa shape index (κ1) is 27.5. The second kappa shape index (κ2) is 12.8. The van der Waals surface area contributed by atoms with Crippen molar-refractivity contribution in [3.05, 3.63) is 58.3 Å². The molecule has 0 saturated carbocycles. The van der Waals surface area contributed by atoms with Crippen LogP contribution in [0.5, 0.6) is 0 Å². The van der Waals surface area contributed by atoms with Crippen LogP contribution in [0.4, 0.5) is 0 Å². The number of thiophene rings is 2. The van der Waals surface area contributed by atoms with Crippen molar-refractivity contribution in [3.63, 3.8) is 0 Å². The molecule has 186 valence electrons. The molecule has 3 rings (SSSR count). The molecule has 0 aliphatic heterocycles. The molecule has 0 aliphatic carbocycles. The van der Waals surface area contributed by atoms with E-state index in [2.05, 4.69) is 0 Å². The van der Waals surface area contributed by atoms with Crippen LogP contribution in [-0.2, 0) is 39.5 Å². The standard InChI is InChI=1S/C24H32O6P2S2/c1-5-27-31(25,28-6-2)17-19-15-22(24-12-10-14-34-24)20(16-21(19)23-11-9-13-33-23)18-32(26,29-7-3)30-8-4/h9-16H,5-8,17-18H2,1-4H3. The summed E-state index contributed by atoms with van der Waals surface area (Å²) in [5, 5.41) is 4.00. The molecular weight excluding hydrogens is 510 g/mol. The molecule has 0 aliphatic rings. The molecule has 0 fully saturated rings. The molecular formula is C24H32O6P2S2. The number of rotatable bonds is 14. The maximum Gasteiger partial charge on any atom is 0.335 e. The van der Waals surface area contributed by atoms with Gasteiger partial charge in [-0.15, -0.1) is 22.7 Å². The van der Waals surface area contributed by atoms with Gasteiger partial charge in [-0.25, -0.2) is 0 Å². The normalized spacial score (nSPS) is 12.4.